The first-order chi connectivity index (χ1) is 9.19. The summed E-state index contributed by atoms with van der Waals surface area (Å²) in [6, 6.07) is 0. The fourth-order valence-corrected chi connectivity index (χ4v) is 2.81. The molecule has 2 nitrogen and oxygen atoms in total. The van der Waals surface area contributed by atoms with E-state index in [1.165, 1.54) is 0 Å². The first-order valence-electron chi connectivity index (χ1n) is 5.73. The second-order valence-electron chi connectivity index (χ2n) is 3.59. The summed E-state index contributed by atoms with van der Waals surface area (Å²) in [5.74, 6) is 0.518. The quantitative estimate of drug-likeness (QED) is 0.510. The van der Waals surface area contributed by atoms with E-state index >= 15 is 0 Å². The van der Waals surface area contributed by atoms with Gasteiger partial charge < -0.3 is 4.52 Å². The lowest BCUT2D eigenvalue weighted by molar-refractivity contribution is 0.438. The van der Waals surface area contributed by atoms with E-state index < -0.39 is 8.03 Å². The van der Waals surface area contributed by atoms with E-state index in [1.807, 2.05) is 0 Å². The van der Waals surface area contributed by atoms with Gasteiger partial charge in [0.25, 0.3) is 8.03 Å². The molecule has 0 radical (unpaired) electrons. The molecule has 0 spiro atoms. The van der Waals surface area contributed by atoms with Crippen LogP contribution >= 0.6 is 8.03 Å². The van der Waals surface area contributed by atoms with Crippen LogP contribution in [-0.2, 0) is 9.09 Å². The summed E-state index contributed by atoms with van der Waals surface area (Å²) < 4.78 is 17.6. The summed E-state index contributed by atoms with van der Waals surface area (Å²) in [5.41, 5.74) is 1.54. The molecule has 19 heavy (non-hydrogen) atoms. The lowest BCUT2D eigenvalue weighted by Crippen LogP contribution is -2.00. The van der Waals surface area contributed by atoms with Crippen molar-refractivity contribution in [1.82, 2.24) is 0 Å². The van der Waals surface area contributed by atoms with E-state index in [9.17, 15) is 4.57 Å². The van der Waals surface area contributed by atoms with Gasteiger partial charge in [-0.2, -0.15) is 0 Å². The largest absolute Gasteiger partial charge is 0.441 e. The summed E-state index contributed by atoms with van der Waals surface area (Å²) in [6.45, 7) is 14.7. The zero-order valence-corrected chi connectivity index (χ0v) is 11.8. The highest BCUT2D eigenvalue weighted by Gasteiger charge is 2.21. The van der Waals surface area contributed by atoms with Gasteiger partial charge in [0.2, 0.25) is 0 Å². The van der Waals surface area contributed by atoms with E-state index in [1.54, 1.807) is 48.6 Å². The molecule has 0 aliphatic carbocycles. The fourth-order valence-electron chi connectivity index (χ4n) is 1.63. The maximum atomic E-state index is 12.1. The van der Waals surface area contributed by atoms with Crippen molar-refractivity contribution in [2.24, 2.45) is 0 Å². The van der Waals surface area contributed by atoms with Gasteiger partial charge >= 0.3 is 0 Å². The molecule has 0 aromatic carbocycles. The van der Waals surface area contributed by atoms with Crippen molar-refractivity contribution in [3.8, 4) is 0 Å². The fraction of sp³-hybridized carbons (Fsp3) is 0. The normalized spacial score (nSPS) is 19.7. The Hall–Kier alpha value is -2.05. The van der Waals surface area contributed by atoms with Gasteiger partial charge in [-0.3, -0.25) is 4.57 Å². The van der Waals surface area contributed by atoms with Crippen molar-refractivity contribution in [3.63, 3.8) is 0 Å². The number of hydrogen-bond acceptors (Lipinski definition) is 2. The summed E-state index contributed by atoms with van der Waals surface area (Å²) in [6.07, 6.45) is 13.4. The summed E-state index contributed by atoms with van der Waals surface area (Å²) >= 11 is 0. The molecule has 0 amide bonds. The van der Waals surface area contributed by atoms with Gasteiger partial charge in [-0.1, -0.05) is 62.8 Å². The predicted molar refractivity (Wildman–Crippen MR) is 83.2 cm³/mol. The molecular weight excluding hydrogens is 255 g/mol. The molecule has 0 saturated carbocycles. The van der Waals surface area contributed by atoms with Crippen molar-refractivity contribution >= 4 is 8.03 Å². The second kappa shape index (κ2) is 7.40. The molecule has 98 valence electrons. The first-order valence-corrected chi connectivity index (χ1v) is 7.05. The minimum absolute atomic E-state index is 0.518. The average Bonchev–Trinajstić information content (AvgIpc) is 2.42. The van der Waals surface area contributed by atoms with Gasteiger partial charge in [0, 0.05) is 5.57 Å². The van der Waals surface area contributed by atoms with Crippen LogP contribution in [0.4, 0.5) is 0 Å². The molecule has 0 aromatic heterocycles. The van der Waals surface area contributed by atoms with Gasteiger partial charge in [0.1, 0.15) is 5.76 Å². The maximum absolute atomic E-state index is 12.1. The molecule has 1 unspecified atom stereocenters. The van der Waals surface area contributed by atoms with Crippen molar-refractivity contribution in [3.05, 3.63) is 97.1 Å². The van der Waals surface area contributed by atoms with Gasteiger partial charge in [-0.15, -0.1) is 0 Å². The Kier molecular flexibility index (Phi) is 5.84. The minimum atomic E-state index is -2.35. The summed E-state index contributed by atoms with van der Waals surface area (Å²) in [5, 5.41) is 0.616. The van der Waals surface area contributed by atoms with Crippen LogP contribution in [0.15, 0.2) is 97.1 Å². The molecule has 0 fully saturated rings. The van der Waals surface area contributed by atoms with E-state index in [2.05, 4.69) is 26.3 Å². The Bertz CT molecular complexity index is 557. The maximum Gasteiger partial charge on any atom is 0.266 e. The van der Waals surface area contributed by atoms with Gasteiger partial charge in [0.05, 0.1) is 5.31 Å². The third-order valence-corrected chi connectivity index (χ3v) is 3.74. The standard InChI is InChI=1S/C16H17O2P/c1-5-9-11-15-13(7-3)14(8-4)16(12-10-6-2)19(17)18-15/h5-12,19H,1-4H2/b11-9-,12-10-. The topological polar surface area (TPSA) is 26.3 Å². The van der Waals surface area contributed by atoms with Crippen LogP contribution in [0.3, 0.4) is 0 Å². The monoisotopic (exact) mass is 272 g/mol. The average molecular weight is 272 g/mol. The molecule has 0 aromatic rings. The zero-order chi connectivity index (χ0) is 14.3. The van der Waals surface area contributed by atoms with Crippen LogP contribution < -0.4 is 0 Å². The highest BCUT2D eigenvalue weighted by molar-refractivity contribution is 7.44. The molecular formula is C16H17O2P. The highest BCUT2D eigenvalue weighted by atomic mass is 31.1. The third-order valence-electron chi connectivity index (χ3n) is 2.46. The number of hydrogen-bond donors (Lipinski definition) is 0. The molecule has 0 bridgehead atoms. The van der Waals surface area contributed by atoms with Crippen LogP contribution in [-0.4, -0.2) is 0 Å². The molecule has 0 saturated heterocycles. The van der Waals surface area contributed by atoms with Gasteiger partial charge in [-0.05, 0) is 17.7 Å². The lowest BCUT2D eigenvalue weighted by Gasteiger charge is -2.20. The van der Waals surface area contributed by atoms with E-state index in [0.717, 1.165) is 11.1 Å². The van der Waals surface area contributed by atoms with E-state index in [0.29, 0.717) is 11.1 Å². The summed E-state index contributed by atoms with van der Waals surface area (Å²) in [4.78, 5) is 0. The molecule has 1 heterocycles. The lowest BCUT2D eigenvalue weighted by atomic mass is 10.0. The first kappa shape index (κ1) is 15.0. The third kappa shape index (κ3) is 3.46. The SMILES string of the molecule is C=C/C=C\C1=C(C=C)C(C=C)=C(/C=C\C=C)[PH](=O)O1. The van der Waals surface area contributed by atoms with E-state index in [-0.39, 0.29) is 0 Å². The Morgan fingerprint density at radius 2 is 1.47 bits per heavy atom. The minimum Gasteiger partial charge on any atom is -0.441 e. The van der Waals surface area contributed by atoms with Crippen molar-refractivity contribution < 1.29 is 9.09 Å². The molecule has 1 aliphatic rings. The smallest absolute Gasteiger partial charge is 0.266 e. The molecule has 1 aliphatic heterocycles. The van der Waals surface area contributed by atoms with Gasteiger partial charge in [0.15, 0.2) is 0 Å². The highest BCUT2D eigenvalue weighted by Crippen LogP contribution is 2.47. The van der Waals surface area contributed by atoms with Crippen LogP contribution in [0.5, 0.6) is 0 Å². The Morgan fingerprint density at radius 1 is 0.895 bits per heavy atom. The zero-order valence-electron chi connectivity index (χ0n) is 10.8. The Morgan fingerprint density at radius 3 is 2.00 bits per heavy atom. The number of rotatable bonds is 6. The van der Waals surface area contributed by atoms with Crippen molar-refractivity contribution in [1.29, 1.82) is 0 Å². The van der Waals surface area contributed by atoms with Crippen LogP contribution in [0.2, 0.25) is 0 Å². The Balaban J connectivity index is 3.47. The molecule has 1 atom stereocenters. The van der Waals surface area contributed by atoms with Gasteiger partial charge in [-0.25, -0.2) is 0 Å². The predicted octanol–water partition coefficient (Wildman–Crippen LogP) is 4.86. The summed E-state index contributed by atoms with van der Waals surface area (Å²) in [7, 11) is -2.35. The second-order valence-corrected chi connectivity index (χ2v) is 4.91. The van der Waals surface area contributed by atoms with Crippen molar-refractivity contribution in [2.75, 3.05) is 0 Å². The van der Waals surface area contributed by atoms with Crippen LogP contribution in [0.25, 0.3) is 0 Å². The van der Waals surface area contributed by atoms with Crippen LogP contribution in [0.1, 0.15) is 0 Å². The molecule has 0 N–H and O–H groups in total. The molecule has 3 heteroatoms. The Labute approximate surface area is 115 Å². The van der Waals surface area contributed by atoms with E-state index in [4.69, 9.17) is 4.52 Å². The van der Waals surface area contributed by atoms with Crippen LogP contribution in [0, 0.1) is 0 Å². The van der Waals surface area contributed by atoms with Crippen molar-refractivity contribution in [2.45, 2.75) is 0 Å². The number of allylic oxidation sites excluding steroid dienone is 11. The molecule has 1 rings (SSSR count).